The van der Waals surface area contributed by atoms with Gasteiger partial charge in [0.15, 0.2) is 5.82 Å². The number of halogens is 1. The average molecular weight is 237 g/mol. The SMILES string of the molecule is Cn1nnc(CC(O)c2cc(F)ccc2N)n1. The molecule has 1 atom stereocenters. The Morgan fingerprint density at radius 1 is 1.53 bits per heavy atom. The van der Waals surface area contributed by atoms with Crippen molar-refractivity contribution >= 4 is 5.69 Å². The lowest BCUT2D eigenvalue weighted by atomic mass is 10.0. The van der Waals surface area contributed by atoms with Gasteiger partial charge in [-0.1, -0.05) is 0 Å². The molecule has 0 aliphatic rings. The summed E-state index contributed by atoms with van der Waals surface area (Å²) in [6.45, 7) is 0. The van der Waals surface area contributed by atoms with E-state index < -0.39 is 11.9 Å². The monoisotopic (exact) mass is 237 g/mol. The van der Waals surface area contributed by atoms with Crippen LogP contribution in [0.1, 0.15) is 17.5 Å². The van der Waals surface area contributed by atoms with Gasteiger partial charge in [-0.2, -0.15) is 4.80 Å². The van der Waals surface area contributed by atoms with E-state index >= 15 is 0 Å². The first-order valence-corrected chi connectivity index (χ1v) is 5.02. The van der Waals surface area contributed by atoms with Crippen LogP contribution in [0.15, 0.2) is 18.2 Å². The molecule has 0 aliphatic heterocycles. The number of aromatic nitrogens is 4. The number of aryl methyl sites for hydroxylation is 1. The number of aliphatic hydroxyl groups is 1. The normalized spacial score (nSPS) is 12.6. The standard InChI is InChI=1S/C10H12FN5O/c1-16-14-10(13-15-16)5-9(17)7-4-6(11)2-3-8(7)12/h2-4,9,17H,5,12H2,1H3. The molecule has 0 aliphatic carbocycles. The van der Waals surface area contributed by atoms with Crippen LogP contribution in [0.4, 0.5) is 10.1 Å². The largest absolute Gasteiger partial charge is 0.398 e. The Balaban J connectivity index is 2.19. The quantitative estimate of drug-likeness (QED) is 0.745. The van der Waals surface area contributed by atoms with Crippen molar-refractivity contribution in [2.75, 3.05) is 5.73 Å². The Morgan fingerprint density at radius 2 is 2.29 bits per heavy atom. The number of benzene rings is 1. The summed E-state index contributed by atoms with van der Waals surface area (Å²) in [5.41, 5.74) is 6.33. The van der Waals surface area contributed by atoms with Crippen molar-refractivity contribution in [3.8, 4) is 0 Å². The van der Waals surface area contributed by atoms with Crippen LogP contribution < -0.4 is 5.73 Å². The summed E-state index contributed by atoms with van der Waals surface area (Å²) in [6, 6.07) is 3.86. The molecule has 0 radical (unpaired) electrons. The summed E-state index contributed by atoms with van der Waals surface area (Å²) in [5, 5.41) is 21.2. The van der Waals surface area contributed by atoms with Crippen LogP contribution in [0.3, 0.4) is 0 Å². The molecule has 0 saturated carbocycles. The predicted molar refractivity (Wildman–Crippen MR) is 58.3 cm³/mol. The number of tetrazole rings is 1. The van der Waals surface area contributed by atoms with Crippen molar-refractivity contribution < 1.29 is 9.50 Å². The van der Waals surface area contributed by atoms with Crippen molar-refractivity contribution in [3.05, 3.63) is 35.4 Å². The molecule has 0 spiro atoms. The molecule has 7 heteroatoms. The minimum absolute atomic E-state index is 0.140. The Hall–Kier alpha value is -2.02. The Morgan fingerprint density at radius 3 is 2.94 bits per heavy atom. The Labute approximate surface area is 96.9 Å². The molecule has 0 fully saturated rings. The highest BCUT2D eigenvalue weighted by Crippen LogP contribution is 2.23. The van der Waals surface area contributed by atoms with Gasteiger partial charge in [0.25, 0.3) is 0 Å². The average Bonchev–Trinajstić information content (AvgIpc) is 2.67. The van der Waals surface area contributed by atoms with Gasteiger partial charge in [-0.15, -0.1) is 10.2 Å². The molecule has 2 rings (SSSR count). The second-order valence-corrected chi connectivity index (χ2v) is 3.69. The molecule has 6 nitrogen and oxygen atoms in total. The number of anilines is 1. The van der Waals surface area contributed by atoms with Crippen LogP contribution in [0, 0.1) is 5.82 Å². The molecule has 0 bridgehead atoms. The van der Waals surface area contributed by atoms with Gasteiger partial charge in [-0.25, -0.2) is 4.39 Å². The summed E-state index contributed by atoms with van der Waals surface area (Å²) < 4.78 is 13.0. The summed E-state index contributed by atoms with van der Waals surface area (Å²) in [4.78, 5) is 1.29. The van der Waals surface area contributed by atoms with Gasteiger partial charge in [-0.05, 0) is 23.4 Å². The maximum absolute atomic E-state index is 13.0. The maximum Gasteiger partial charge on any atom is 0.177 e. The van der Waals surface area contributed by atoms with Crippen LogP contribution in [0.25, 0.3) is 0 Å². The van der Waals surface area contributed by atoms with Gasteiger partial charge < -0.3 is 10.8 Å². The number of nitrogen functional groups attached to an aromatic ring is 1. The van der Waals surface area contributed by atoms with E-state index in [4.69, 9.17) is 5.73 Å². The fraction of sp³-hybridized carbons (Fsp3) is 0.300. The van der Waals surface area contributed by atoms with Crippen molar-refractivity contribution in [1.82, 2.24) is 20.2 Å². The highest BCUT2D eigenvalue weighted by atomic mass is 19.1. The summed E-state index contributed by atoms with van der Waals surface area (Å²) >= 11 is 0. The fourth-order valence-corrected chi connectivity index (χ4v) is 1.52. The van der Waals surface area contributed by atoms with E-state index in [1.807, 2.05) is 0 Å². The summed E-state index contributed by atoms with van der Waals surface area (Å²) in [5.74, 6) is -0.0657. The van der Waals surface area contributed by atoms with E-state index in [1.54, 1.807) is 7.05 Å². The topological polar surface area (TPSA) is 89.8 Å². The van der Waals surface area contributed by atoms with Crippen LogP contribution in [0.5, 0.6) is 0 Å². The Bertz CT molecular complexity index is 527. The number of hydrogen-bond acceptors (Lipinski definition) is 5. The van der Waals surface area contributed by atoms with Crippen molar-refractivity contribution in [2.24, 2.45) is 7.05 Å². The van der Waals surface area contributed by atoms with E-state index in [1.165, 1.54) is 23.0 Å². The van der Waals surface area contributed by atoms with E-state index in [0.29, 0.717) is 17.1 Å². The van der Waals surface area contributed by atoms with Crippen molar-refractivity contribution in [3.63, 3.8) is 0 Å². The smallest absolute Gasteiger partial charge is 0.177 e. The number of nitrogens with two attached hydrogens (primary N) is 1. The summed E-state index contributed by atoms with van der Waals surface area (Å²) in [6.07, 6.45) is -0.809. The molecule has 3 N–H and O–H groups in total. The summed E-state index contributed by atoms with van der Waals surface area (Å²) in [7, 11) is 1.62. The molecule has 1 aromatic carbocycles. The first-order chi connectivity index (χ1) is 8.06. The molecule has 17 heavy (non-hydrogen) atoms. The van der Waals surface area contributed by atoms with Gasteiger partial charge in [0, 0.05) is 17.7 Å². The molecular formula is C10H12FN5O. The molecule has 0 saturated heterocycles. The van der Waals surface area contributed by atoms with Gasteiger partial charge in [-0.3, -0.25) is 0 Å². The van der Waals surface area contributed by atoms with Crippen LogP contribution >= 0.6 is 0 Å². The lowest BCUT2D eigenvalue weighted by molar-refractivity contribution is 0.176. The third kappa shape index (κ3) is 2.56. The highest BCUT2D eigenvalue weighted by molar-refractivity contribution is 5.48. The van der Waals surface area contributed by atoms with Gasteiger partial charge in [0.1, 0.15) is 5.82 Å². The number of hydrogen-bond donors (Lipinski definition) is 2. The van der Waals surface area contributed by atoms with Crippen molar-refractivity contribution in [2.45, 2.75) is 12.5 Å². The second-order valence-electron chi connectivity index (χ2n) is 3.69. The molecule has 90 valence electrons. The van der Waals surface area contributed by atoms with Crippen LogP contribution in [0.2, 0.25) is 0 Å². The lowest BCUT2D eigenvalue weighted by Gasteiger charge is -2.11. The third-order valence-electron chi connectivity index (χ3n) is 2.33. The number of rotatable bonds is 3. The third-order valence-corrected chi connectivity index (χ3v) is 2.33. The number of nitrogens with zero attached hydrogens (tertiary/aromatic N) is 4. The molecule has 1 aromatic heterocycles. The van der Waals surface area contributed by atoms with Gasteiger partial charge in [0.05, 0.1) is 13.2 Å². The van der Waals surface area contributed by atoms with Crippen molar-refractivity contribution in [1.29, 1.82) is 0 Å². The second kappa shape index (κ2) is 4.46. The highest BCUT2D eigenvalue weighted by Gasteiger charge is 2.15. The number of aliphatic hydroxyl groups excluding tert-OH is 1. The van der Waals surface area contributed by atoms with E-state index in [9.17, 15) is 9.50 Å². The predicted octanol–water partition coefficient (Wildman–Crippen LogP) is 0.207. The van der Waals surface area contributed by atoms with Crippen LogP contribution in [-0.4, -0.2) is 25.3 Å². The first-order valence-electron chi connectivity index (χ1n) is 5.02. The van der Waals surface area contributed by atoms with E-state index in [-0.39, 0.29) is 6.42 Å². The van der Waals surface area contributed by atoms with Gasteiger partial charge >= 0.3 is 0 Å². The first kappa shape index (κ1) is 11.5. The fourth-order valence-electron chi connectivity index (χ4n) is 1.52. The molecule has 2 aromatic rings. The minimum Gasteiger partial charge on any atom is -0.398 e. The Kier molecular flexibility index (Phi) is 3.01. The molecule has 1 unspecified atom stereocenters. The van der Waals surface area contributed by atoms with Gasteiger partial charge in [0.2, 0.25) is 0 Å². The molecule has 0 amide bonds. The zero-order valence-electron chi connectivity index (χ0n) is 9.21. The zero-order chi connectivity index (χ0) is 12.4. The molecule has 1 heterocycles. The molecular weight excluding hydrogens is 225 g/mol. The zero-order valence-corrected chi connectivity index (χ0v) is 9.21. The lowest BCUT2D eigenvalue weighted by Crippen LogP contribution is -2.07. The van der Waals surface area contributed by atoms with Crippen LogP contribution in [-0.2, 0) is 13.5 Å². The maximum atomic E-state index is 13.0. The minimum atomic E-state index is -0.949. The van der Waals surface area contributed by atoms with E-state index in [2.05, 4.69) is 15.4 Å². The van der Waals surface area contributed by atoms with E-state index in [0.717, 1.165) is 0 Å².